The van der Waals surface area contributed by atoms with Crippen LogP contribution in [0, 0.1) is 6.92 Å². The molecule has 6 heteroatoms. The predicted octanol–water partition coefficient (Wildman–Crippen LogP) is 1.71. The highest BCUT2D eigenvalue weighted by atomic mass is 16.5. The van der Waals surface area contributed by atoms with Gasteiger partial charge >= 0.3 is 12.0 Å². The minimum absolute atomic E-state index is 0.0851. The van der Waals surface area contributed by atoms with Gasteiger partial charge in [-0.1, -0.05) is 29.8 Å². The molecule has 0 aliphatic heterocycles. The third kappa shape index (κ3) is 7.42. The number of amides is 3. The van der Waals surface area contributed by atoms with Gasteiger partial charge in [0.15, 0.2) is 6.61 Å². The number of esters is 1. The van der Waals surface area contributed by atoms with E-state index in [1.54, 1.807) is 20.8 Å². The Kier molecular flexibility index (Phi) is 6.10. The summed E-state index contributed by atoms with van der Waals surface area (Å²) in [5, 5.41) is 4.67. The van der Waals surface area contributed by atoms with Crippen molar-refractivity contribution in [3.8, 4) is 0 Å². The maximum atomic E-state index is 11.6. The molecule has 1 aromatic carbocycles. The Balaban J connectivity index is 2.33. The SMILES string of the molecule is Cc1ccc(CC(=O)OCC(=O)NC(=O)NC(C)(C)C)cc1. The normalized spacial score (nSPS) is 10.7. The molecule has 0 aromatic heterocycles. The second-order valence-corrected chi connectivity index (χ2v) is 6.08. The van der Waals surface area contributed by atoms with E-state index in [1.807, 2.05) is 31.2 Å². The van der Waals surface area contributed by atoms with Crippen LogP contribution in [0.15, 0.2) is 24.3 Å². The molecule has 6 nitrogen and oxygen atoms in total. The summed E-state index contributed by atoms with van der Waals surface area (Å²) in [5.41, 5.74) is 1.45. The Morgan fingerprint density at radius 3 is 2.23 bits per heavy atom. The molecule has 2 N–H and O–H groups in total. The zero-order valence-corrected chi connectivity index (χ0v) is 13.4. The van der Waals surface area contributed by atoms with Crippen molar-refractivity contribution >= 4 is 17.9 Å². The summed E-state index contributed by atoms with van der Waals surface area (Å²) in [7, 11) is 0. The first-order chi connectivity index (χ1) is 10.2. The van der Waals surface area contributed by atoms with Gasteiger partial charge in [-0.25, -0.2) is 4.79 Å². The van der Waals surface area contributed by atoms with E-state index in [0.717, 1.165) is 11.1 Å². The van der Waals surface area contributed by atoms with Crippen molar-refractivity contribution in [2.75, 3.05) is 6.61 Å². The van der Waals surface area contributed by atoms with E-state index < -0.39 is 30.1 Å². The number of imide groups is 1. The summed E-state index contributed by atoms with van der Waals surface area (Å²) in [4.78, 5) is 34.6. The molecule has 0 heterocycles. The van der Waals surface area contributed by atoms with E-state index in [2.05, 4.69) is 10.6 Å². The fourth-order valence-electron chi connectivity index (χ4n) is 1.60. The topological polar surface area (TPSA) is 84.5 Å². The summed E-state index contributed by atoms with van der Waals surface area (Å²) in [6.45, 7) is 6.84. The fraction of sp³-hybridized carbons (Fsp3) is 0.438. The van der Waals surface area contributed by atoms with Crippen LogP contribution in [0.4, 0.5) is 4.79 Å². The lowest BCUT2D eigenvalue weighted by atomic mass is 10.1. The molecule has 0 aliphatic carbocycles. The average molecular weight is 306 g/mol. The number of rotatable bonds is 4. The Hall–Kier alpha value is -2.37. The number of nitrogens with one attached hydrogen (secondary N) is 2. The molecule has 0 aliphatic rings. The third-order valence-corrected chi connectivity index (χ3v) is 2.57. The van der Waals surface area contributed by atoms with Crippen molar-refractivity contribution in [3.05, 3.63) is 35.4 Å². The van der Waals surface area contributed by atoms with Gasteiger partial charge in [-0.15, -0.1) is 0 Å². The van der Waals surface area contributed by atoms with E-state index in [1.165, 1.54) is 0 Å². The van der Waals surface area contributed by atoms with Crippen molar-refractivity contribution in [3.63, 3.8) is 0 Å². The first kappa shape index (κ1) is 17.7. The van der Waals surface area contributed by atoms with E-state index in [0.29, 0.717) is 0 Å². The predicted molar refractivity (Wildman–Crippen MR) is 82.3 cm³/mol. The van der Waals surface area contributed by atoms with Crippen molar-refractivity contribution in [1.29, 1.82) is 0 Å². The first-order valence-corrected chi connectivity index (χ1v) is 6.99. The molecule has 1 aromatic rings. The quantitative estimate of drug-likeness (QED) is 0.829. The zero-order valence-electron chi connectivity index (χ0n) is 13.4. The van der Waals surface area contributed by atoms with Gasteiger partial charge in [0.25, 0.3) is 5.91 Å². The molecule has 120 valence electrons. The van der Waals surface area contributed by atoms with Crippen LogP contribution in [0.2, 0.25) is 0 Å². The molecular formula is C16H22N2O4. The highest BCUT2D eigenvalue weighted by molar-refractivity contribution is 5.95. The Morgan fingerprint density at radius 2 is 1.68 bits per heavy atom. The standard InChI is InChI=1S/C16H22N2O4/c1-11-5-7-12(8-6-11)9-14(20)22-10-13(19)17-15(21)18-16(2,3)4/h5-8H,9-10H2,1-4H3,(H2,17,18,19,21). The van der Waals surface area contributed by atoms with Gasteiger partial charge < -0.3 is 10.1 Å². The van der Waals surface area contributed by atoms with Gasteiger partial charge in [0.05, 0.1) is 6.42 Å². The Morgan fingerprint density at radius 1 is 1.09 bits per heavy atom. The smallest absolute Gasteiger partial charge is 0.321 e. The lowest BCUT2D eigenvalue weighted by Crippen LogP contribution is -2.49. The molecule has 0 bridgehead atoms. The van der Waals surface area contributed by atoms with Gasteiger partial charge in [-0.05, 0) is 33.3 Å². The molecule has 22 heavy (non-hydrogen) atoms. The van der Waals surface area contributed by atoms with Crippen LogP contribution >= 0.6 is 0 Å². The minimum atomic E-state index is -0.668. The fourth-order valence-corrected chi connectivity index (χ4v) is 1.60. The Bertz CT molecular complexity index is 544. The van der Waals surface area contributed by atoms with Crippen LogP contribution in [0.1, 0.15) is 31.9 Å². The minimum Gasteiger partial charge on any atom is -0.455 e. The molecule has 0 atom stereocenters. The van der Waals surface area contributed by atoms with E-state index in [9.17, 15) is 14.4 Å². The van der Waals surface area contributed by atoms with Crippen LogP contribution in [0.3, 0.4) is 0 Å². The number of ether oxygens (including phenoxy) is 1. The van der Waals surface area contributed by atoms with E-state index in [-0.39, 0.29) is 6.42 Å². The van der Waals surface area contributed by atoms with Crippen LogP contribution in [-0.2, 0) is 20.7 Å². The Labute approximate surface area is 130 Å². The zero-order chi connectivity index (χ0) is 16.8. The van der Waals surface area contributed by atoms with E-state index >= 15 is 0 Å². The summed E-state index contributed by atoms with van der Waals surface area (Å²) in [6.07, 6.45) is 0.0851. The number of urea groups is 1. The molecular weight excluding hydrogens is 284 g/mol. The maximum absolute atomic E-state index is 11.6. The number of hydrogen-bond acceptors (Lipinski definition) is 4. The van der Waals surface area contributed by atoms with Crippen molar-refractivity contribution in [2.45, 2.75) is 39.7 Å². The number of hydrogen-bond donors (Lipinski definition) is 2. The van der Waals surface area contributed by atoms with Gasteiger partial charge in [0.2, 0.25) is 0 Å². The number of carbonyl (C=O) groups excluding carboxylic acids is 3. The van der Waals surface area contributed by atoms with Crippen molar-refractivity contribution < 1.29 is 19.1 Å². The second-order valence-electron chi connectivity index (χ2n) is 6.08. The molecule has 0 unspecified atom stereocenters. The van der Waals surface area contributed by atoms with Gasteiger partial charge in [-0.2, -0.15) is 0 Å². The third-order valence-electron chi connectivity index (χ3n) is 2.57. The largest absolute Gasteiger partial charge is 0.455 e. The number of carbonyl (C=O) groups is 3. The van der Waals surface area contributed by atoms with E-state index in [4.69, 9.17) is 4.74 Å². The number of aryl methyl sites for hydroxylation is 1. The van der Waals surface area contributed by atoms with Crippen LogP contribution in [0.5, 0.6) is 0 Å². The maximum Gasteiger partial charge on any atom is 0.321 e. The van der Waals surface area contributed by atoms with Crippen LogP contribution in [-0.4, -0.2) is 30.1 Å². The van der Waals surface area contributed by atoms with Crippen molar-refractivity contribution in [2.24, 2.45) is 0 Å². The molecule has 1 rings (SSSR count). The highest BCUT2D eigenvalue weighted by Crippen LogP contribution is 2.04. The summed E-state index contributed by atoms with van der Waals surface area (Å²) < 4.78 is 4.84. The van der Waals surface area contributed by atoms with Gasteiger partial charge in [0, 0.05) is 5.54 Å². The van der Waals surface area contributed by atoms with Crippen LogP contribution < -0.4 is 10.6 Å². The van der Waals surface area contributed by atoms with Crippen LogP contribution in [0.25, 0.3) is 0 Å². The first-order valence-electron chi connectivity index (χ1n) is 6.99. The highest BCUT2D eigenvalue weighted by Gasteiger charge is 2.16. The molecule has 0 spiro atoms. The van der Waals surface area contributed by atoms with Crippen molar-refractivity contribution in [1.82, 2.24) is 10.6 Å². The molecule has 0 radical (unpaired) electrons. The lowest BCUT2D eigenvalue weighted by molar-refractivity contribution is -0.147. The second kappa shape index (κ2) is 7.59. The molecule has 0 saturated heterocycles. The summed E-state index contributed by atoms with van der Waals surface area (Å²) in [6, 6.07) is 6.83. The summed E-state index contributed by atoms with van der Waals surface area (Å²) >= 11 is 0. The number of benzene rings is 1. The molecule has 0 saturated carbocycles. The molecule has 3 amide bonds. The van der Waals surface area contributed by atoms with Gasteiger partial charge in [0.1, 0.15) is 0 Å². The average Bonchev–Trinajstić information content (AvgIpc) is 2.37. The summed E-state index contributed by atoms with van der Waals surface area (Å²) in [5.74, 6) is -1.19. The monoisotopic (exact) mass is 306 g/mol. The lowest BCUT2D eigenvalue weighted by Gasteiger charge is -2.20. The van der Waals surface area contributed by atoms with Gasteiger partial charge in [-0.3, -0.25) is 14.9 Å². The molecule has 0 fully saturated rings.